The number of hydrogen-bond acceptors (Lipinski definition) is 8. The molecule has 1 aliphatic rings. The topological polar surface area (TPSA) is 87.5 Å². The molecule has 1 unspecified atom stereocenters. The number of ether oxygens (including phenoxy) is 3. The summed E-state index contributed by atoms with van der Waals surface area (Å²) in [5, 5.41) is 9.67. The number of nitrogens with one attached hydrogen (secondary N) is 1. The minimum atomic E-state index is -0.609. The number of allylic oxidation sites excluding steroid dienone is 1. The highest BCUT2D eigenvalue weighted by molar-refractivity contribution is 7.99. The van der Waals surface area contributed by atoms with Crippen LogP contribution in [-0.2, 0) is 22.7 Å². The third kappa shape index (κ3) is 6.69. The average Bonchev–Trinajstić information content (AvgIpc) is 3.38. The van der Waals surface area contributed by atoms with Crippen molar-refractivity contribution >= 4 is 46.9 Å². The highest BCUT2D eigenvalue weighted by Gasteiger charge is 2.36. The summed E-state index contributed by atoms with van der Waals surface area (Å²) < 4.78 is 19.6. The molecule has 3 aromatic carbocycles. The predicted molar refractivity (Wildman–Crippen MR) is 166 cm³/mol. The maximum Gasteiger partial charge on any atom is 0.338 e. The van der Waals surface area contributed by atoms with E-state index in [9.17, 15) is 4.79 Å². The van der Waals surface area contributed by atoms with Crippen LogP contribution in [0.5, 0.6) is 11.5 Å². The van der Waals surface area contributed by atoms with Gasteiger partial charge in [-0.3, -0.25) is 0 Å². The monoisotopic (exact) mass is 624 g/mol. The van der Waals surface area contributed by atoms with Gasteiger partial charge in [-0.1, -0.05) is 84.4 Å². The zero-order valence-electron chi connectivity index (χ0n) is 23.4. The molecule has 0 bridgehead atoms. The van der Waals surface area contributed by atoms with Crippen LogP contribution < -0.4 is 14.8 Å². The number of hydrogen-bond donors (Lipinski definition) is 1. The van der Waals surface area contributed by atoms with Crippen molar-refractivity contribution in [1.82, 2.24) is 14.8 Å². The number of anilines is 1. The fourth-order valence-corrected chi connectivity index (χ4v) is 5.59. The smallest absolute Gasteiger partial charge is 0.338 e. The zero-order chi connectivity index (χ0) is 29.6. The lowest BCUT2D eigenvalue weighted by molar-refractivity contribution is -0.140. The van der Waals surface area contributed by atoms with Crippen LogP contribution in [-0.4, -0.2) is 33.1 Å². The van der Waals surface area contributed by atoms with Crippen LogP contribution in [0.15, 0.2) is 83.2 Å². The summed E-state index contributed by atoms with van der Waals surface area (Å²) in [6, 6.07) is 19.8. The summed E-state index contributed by atoms with van der Waals surface area (Å²) in [6.45, 7) is 6.57. The first-order valence-electron chi connectivity index (χ1n) is 13.5. The van der Waals surface area contributed by atoms with Gasteiger partial charge in [-0.25, -0.2) is 9.48 Å². The molecule has 0 spiro atoms. The Hall–Kier alpha value is -3.66. The Morgan fingerprint density at radius 1 is 1.00 bits per heavy atom. The van der Waals surface area contributed by atoms with Crippen LogP contribution in [0.4, 0.5) is 5.95 Å². The number of carbonyl (C=O) groups excluding carboxylic acids is 1. The summed E-state index contributed by atoms with van der Waals surface area (Å²) in [5.41, 5.74) is 3.53. The van der Waals surface area contributed by atoms with Gasteiger partial charge in [-0.05, 0) is 55.0 Å². The van der Waals surface area contributed by atoms with E-state index in [1.807, 2.05) is 75.4 Å². The van der Waals surface area contributed by atoms with E-state index in [2.05, 4.69) is 10.3 Å². The van der Waals surface area contributed by atoms with E-state index in [4.69, 9.17) is 42.5 Å². The first-order valence-corrected chi connectivity index (χ1v) is 15.2. The number of carbonyl (C=O) groups is 1. The Morgan fingerprint density at radius 3 is 2.55 bits per heavy atom. The molecule has 2 heterocycles. The van der Waals surface area contributed by atoms with E-state index in [0.717, 1.165) is 22.4 Å². The van der Waals surface area contributed by atoms with Gasteiger partial charge in [0.15, 0.2) is 11.5 Å². The van der Waals surface area contributed by atoms with Crippen molar-refractivity contribution in [2.24, 2.45) is 0 Å². The van der Waals surface area contributed by atoms with E-state index >= 15 is 0 Å². The molecule has 1 aromatic heterocycles. The third-order valence-electron chi connectivity index (χ3n) is 6.52. The summed E-state index contributed by atoms with van der Waals surface area (Å²) in [4.78, 5) is 18.3. The van der Waals surface area contributed by atoms with Crippen molar-refractivity contribution in [2.75, 3.05) is 17.7 Å². The van der Waals surface area contributed by atoms with E-state index < -0.39 is 12.0 Å². The quantitative estimate of drug-likeness (QED) is 0.134. The SMILES string of the molecule is CCOc1cc(C2C(C(=O)OCc3ccccc3)=C(C)Nc3nc(SCC)nn32)ccc1OCc1ccc(Cl)cc1Cl. The van der Waals surface area contributed by atoms with Gasteiger partial charge in [0.05, 0.1) is 12.2 Å². The molecule has 5 rings (SSSR count). The van der Waals surface area contributed by atoms with Gasteiger partial charge in [-0.15, -0.1) is 5.10 Å². The second-order valence-corrected chi connectivity index (χ2v) is 11.5. The summed E-state index contributed by atoms with van der Waals surface area (Å²) >= 11 is 13.9. The van der Waals surface area contributed by atoms with Crippen LogP contribution in [0, 0.1) is 0 Å². The molecule has 0 aliphatic carbocycles. The van der Waals surface area contributed by atoms with Crippen molar-refractivity contribution < 1.29 is 19.0 Å². The molecule has 0 radical (unpaired) electrons. The second kappa shape index (κ2) is 13.5. The molecular weight excluding hydrogens is 595 g/mol. The lowest BCUT2D eigenvalue weighted by Gasteiger charge is -2.28. The highest BCUT2D eigenvalue weighted by atomic mass is 35.5. The highest BCUT2D eigenvalue weighted by Crippen LogP contribution is 2.40. The predicted octanol–water partition coefficient (Wildman–Crippen LogP) is 7.71. The molecule has 0 fully saturated rings. The third-order valence-corrected chi connectivity index (χ3v) is 7.83. The van der Waals surface area contributed by atoms with Crippen LogP contribution >= 0.6 is 35.0 Å². The fourth-order valence-electron chi connectivity index (χ4n) is 4.57. The van der Waals surface area contributed by atoms with Crippen molar-refractivity contribution in [1.29, 1.82) is 0 Å². The normalized spacial score (nSPS) is 14.3. The Morgan fingerprint density at radius 2 is 1.81 bits per heavy atom. The fraction of sp³-hybridized carbons (Fsp3) is 0.258. The van der Waals surface area contributed by atoms with E-state index in [1.54, 1.807) is 16.8 Å². The second-order valence-electron chi connectivity index (χ2n) is 9.39. The number of halogens is 2. The lowest BCUT2D eigenvalue weighted by atomic mass is 9.95. The number of fused-ring (bicyclic) bond motifs is 1. The molecule has 1 aliphatic heterocycles. The van der Waals surface area contributed by atoms with Crippen LogP contribution in [0.3, 0.4) is 0 Å². The van der Waals surface area contributed by atoms with Crippen LogP contribution in [0.25, 0.3) is 0 Å². The maximum absolute atomic E-state index is 13.6. The maximum atomic E-state index is 13.6. The van der Waals surface area contributed by atoms with Gasteiger partial charge in [0.2, 0.25) is 11.1 Å². The van der Waals surface area contributed by atoms with Crippen molar-refractivity contribution in [3.8, 4) is 11.5 Å². The number of benzene rings is 3. The van der Waals surface area contributed by atoms with Crippen molar-refractivity contribution in [2.45, 2.75) is 45.2 Å². The standard InChI is InChI=1S/C31H30Cl2N4O4S/c1-4-39-26-15-21(12-14-25(26)40-18-22-11-13-23(32)16-24(22)33)28-27(29(38)41-17-20-9-7-6-8-10-20)19(3)34-30-35-31(42-5-2)36-37(28)30/h6-16,28H,4-5,17-18H2,1-3H3,(H,34,35,36). The number of aromatic nitrogens is 3. The Balaban J connectivity index is 1.49. The molecule has 0 saturated heterocycles. The van der Waals surface area contributed by atoms with Gasteiger partial charge in [0, 0.05) is 21.3 Å². The van der Waals surface area contributed by atoms with E-state index in [1.165, 1.54) is 11.8 Å². The molecule has 11 heteroatoms. The molecule has 8 nitrogen and oxygen atoms in total. The largest absolute Gasteiger partial charge is 0.490 e. The number of esters is 1. The molecule has 0 amide bonds. The van der Waals surface area contributed by atoms with Crippen LogP contribution in [0.1, 0.15) is 43.5 Å². The minimum Gasteiger partial charge on any atom is -0.490 e. The summed E-state index contributed by atoms with van der Waals surface area (Å²) in [6.07, 6.45) is 0. The first kappa shape index (κ1) is 29.8. The average molecular weight is 626 g/mol. The molecule has 4 aromatic rings. The Labute approximate surface area is 259 Å². The molecule has 218 valence electrons. The lowest BCUT2D eigenvalue weighted by Crippen LogP contribution is -2.29. The van der Waals surface area contributed by atoms with Crippen molar-refractivity contribution in [3.63, 3.8) is 0 Å². The molecule has 1 N–H and O–H groups in total. The van der Waals surface area contributed by atoms with Gasteiger partial charge >= 0.3 is 5.97 Å². The van der Waals surface area contributed by atoms with Crippen LogP contribution in [0.2, 0.25) is 10.0 Å². The Kier molecular flexibility index (Phi) is 9.62. The summed E-state index contributed by atoms with van der Waals surface area (Å²) in [7, 11) is 0. The van der Waals surface area contributed by atoms with Gasteiger partial charge in [0.1, 0.15) is 19.3 Å². The molecule has 42 heavy (non-hydrogen) atoms. The zero-order valence-corrected chi connectivity index (χ0v) is 25.7. The number of nitrogens with zero attached hydrogens (tertiary/aromatic N) is 3. The van der Waals surface area contributed by atoms with E-state index in [0.29, 0.717) is 50.5 Å². The van der Waals surface area contributed by atoms with Crippen molar-refractivity contribution in [3.05, 3.63) is 105 Å². The molecular formula is C31H30Cl2N4O4S. The first-order chi connectivity index (χ1) is 20.4. The number of rotatable bonds is 11. The number of thioether (sulfide) groups is 1. The van der Waals surface area contributed by atoms with Gasteiger partial charge in [0.25, 0.3) is 0 Å². The van der Waals surface area contributed by atoms with E-state index in [-0.39, 0.29) is 13.2 Å². The minimum absolute atomic E-state index is 0.147. The van der Waals surface area contributed by atoms with Gasteiger partial charge < -0.3 is 19.5 Å². The summed E-state index contributed by atoms with van der Waals surface area (Å²) in [5.74, 6) is 1.97. The molecule has 1 atom stereocenters. The molecule has 0 saturated carbocycles. The van der Waals surface area contributed by atoms with Gasteiger partial charge in [-0.2, -0.15) is 4.98 Å². The Bertz CT molecular complexity index is 1610.